The van der Waals surface area contributed by atoms with Crippen LogP contribution in [-0.2, 0) is 0 Å². The summed E-state index contributed by atoms with van der Waals surface area (Å²) in [7, 11) is 1.58. The van der Waals surface area contributed by atoms with E-state index in [2.05, 4.69) is 25.5 Å². The van der Waals surface area contributed by atoms with E-state index in [1.54, 1.807) is 7.11 Å². The summed E-state index contributed by atoms with van der Waals surface area (Å²) >= 11 is 0. The van der Waals surface area contributed by atoms with Gasteiger partial charge in [0, 0.05) is 18.5 Å². The molecule has 1 fully saturated rings. The molecule has 3 heterocycles. The number of nitrogens with zero attached hydrogens (tertiary/aromatic N) is 4. The number of aliphatic hydroxyl groups excluding tert-OH is 1. The number of hydrogen-bond acceptors (Lipinski definition) is 7. The van der Waals surface area contributed by atoms with Gasteiger partial charge < -0.3 is 20.1 Å². The van der Waals surface area contributed by atoms with Gasteiger partial charge >= 0.3 is 0 Å². The summed E-state index contributed by atoms with van der Waals surface area (Å²) in [6.07, 6.45) is -0.323. The van der Waals surface area contributed by atoms with Crippen LogP contribution in [0.3, 0.4) is 0 Å². The van der Waals surface area contributed by atoms with Gasteiger partial charge in [-0.15, -0.1) is 0 Å². The molecule has 0 atom stereocenters. The lowest BCUT2D eigenvalue weighted by Crippen LogP contribution is -2.51. The monoisotopic (exact) mass is 326 g/mol. The average molecular weight is 326 g/mol. The van der Waals surface area contributed by atoms with Crippen LogP contribution in [0.4, 0.5) is 17.5 Å². The summed E-state index contributed by atoms with van der Waals surface area (Å²) in [4.78, 5) is 10.9. The topological polar surface area (TPSA) is 99.2 Å². The lowest BCUT2D eigenvalue weighted by atomic mass is 10.1. The van der Waals surface area contributed by atoms with Crippen LogP contribution in [0.2, 0.25) is 0 Å². The second-order valence-electron chi connectivity index (χ2n) is 5.78. The molecule has 124 valence electrons. The molecule has 4 rings (SSSR count). The Morgan fingerprint density at radius 1 is 1.25 bits per heavy atom. The molecule has 1 aliphatic heterocycles. The Morgan fingerprint density at radius 3 is 2.79 bits per heavy atom. The fourth-order valence-corrected chi connectivity index (χ4v) is 2.83. The highest BCUT2D eigenvalue weighted by Crippen LogP contribution is 2.37. The molecule has 24 heavy (non-hydrogen) atoms. The Kier molecular flexibility index (Phi) is 3.46. The van der Waals surface area contributed by atoms with Crippen molar-refractivity contribution in [2.24, 2.45) is 0 Å². The van der Waals surface area contributed by atoms with Gasteiger partial charge in [-0.05, 0) is 19.1 Å². The maximum atomic E-state index is 9.55. The van der Waals surface area contributed by atoms with E-state index in [0.29, 0.717) is 42.1 Å². The Labute approximate surface area is 138 Å². The molecule has 8 nitrogen and oxygen atoms in total. The van der Waals surface area contributed by atoms with Crippen molar-refractivity contribution in [2.75, 3.05) is 30.4 Å². The van der Waals surface area contributed by atoms with Crippen LogP contribution in [-0.4, -0.2) is 51.6 Å². The van der Waals surface area contributed by atoms with E-state index in [4.69, 9.17) is 4.74 Å². The van der Waals surface area contributed by atoms with Crippen LogP contribution < -0.4 is 15.0 Å². The number of aryl methyl sites for hydroxylation is 1. The van der Waals surface area contributed by atoms with Crippen molar-refractivity contribution in [3.05, 3.63) is 30.1 Å². The average Bonchev–Trinajstić information content (AvgIpc) is 2.95. The zero-order valence-corrected chi connectivity index (χ0v) is 13.4. The number of aromatic nitrogens is 4. The minimum absolute atomic E-state index is 0.323. The van der Waals surface area contributed by atoms with Gasteiger partial charge in [0.25, 0.3) is 0 Å². The number of ether oxygens (including phenoxy) is 1. The van der Waals surface area contributed by atoms with Crippen LogP contribution >= 0.6 is 0 Å². The van der Waals surface area contributed by atoms with E-state index in [1.807, 2.05) is 36.1 Å². The number of aromatic amines is 1. The molecule has 1 saturated heterocycles. The number of rotatable bonds is 4. The number of H-pyrrole nitrogens is 1. The summed E-state index contributed by atoms with van der Waals surface area (Å²) in [6.45, 7) is 2.90. The second-order valence-corrected chi connectivity index (χ2v) is 5.78. The highest BCUT2D eigenvalue weighted by molar-refractivity contribution is 5.91. The van der Waals surface area contributed by atoms with Crippen LogP contribution in [0.1, 0.15) is 5.82 Å². The molecule has 3 N–H and O–H groups in total. The van der Waals surface area contributed by atoms with Gasteiger partial charge in [-0.1, -0.05) is 12.1 Å². The highest BCUT2D eigenvalue weighted by atomic mass is 16.5. The number of fused-ring (bicyclic) bond motifs is 1. The van der Waals surface area contributed by atoms with E-state index < -0.39 is 0 Å². The number of β-amino-alcohol motifs (C(OH)–C–C–N with tert-alkyl or cyclic N) is 1. The summed E-state index contributed by atoms with van der Waals surface area (Å²) in [5.74, 6) is 3.07. The normalized spacial score (nSPS) is 14.7. The third-order valence-corrected chi connectivity index (χ3v) is 4.03. The molecule has 0 saturated carbocycles. The molecule has 8 heteroatoms. The lowest BCUT2D eigenvalue weighted by Gasteiger charge is -2.37. The fraction of sp³-hybridized carbons (Fsp3) is 0.312. The molecule has 0 spiro atoms. The Hall–Kier alpha value is -2.87. The van der Waals surface area contributed by atoms with Gasteiger partial charge in [-0.3, -0.25) is 5.10 Å². The Morgan fingerprint density at radius 2 is 2.04 bits per heavy atom. The lowest BCUT2D eigenvalue weighted by molar-refractivity contribution is 0.140. The first-order valence-corrected chi connectivity index (χ1v) is 7.71. The first-order chi connectivity index (χ1) is 11.7. The van der Waals surface area contributed by atoms with Crippen molar-refractivity contribution in [1.29, 1.82) is 0 Å². The van der Waals surface area contributed by atoms with E-state index >= 15 is 0 Å². The number of para-hydroxylation sites is 1. The molecule has 1 aliphatic rings. The van der Waals surface area contributed by atoms with Crippen LogP contribution in [0, 0.1) is 6.92 Å². The standard InChI is InChI=1S/C16H18N6O2/c1-9-17-15(13(24-2)16(18-9)22-7-10(23)8-22)19-14-11-5-3-4-6-12(11)20-21-14/h3-6,10,23H,7-8H2,1-2H3,(H2,17,18,19,20,21). The largest absolute Gasteiger partial charge is 0.490 e. The summed E-state index contributed by atoms with van der Waals surface area (Å²) in [5.41, 5.74) is 0.941. The first-order valence-electron chi connectivity index (χ1n) is 7.71. The predicted molar refractivity (Wildman–Crippen MR) is 90.9 cm³/mol. The number of hydrogen-bond donors (Lipinski definition) is 3. The maximum Gasteiger partial charge on any atom is 0.204 e. The zero-order valence-electron chi connectivity index (χ0n) is 13.4. The molecular weight excluding hydrogens is 308 g/mol. The second kappa shape index (κ2) is 5.64. The van der Waals surface area contributed by atoms with Crippen molar-refractivity contribution < 1.29 is 9.84 Å². The SMILES string of the molecule is COc1c(Nc2n[nH]c3ccccc23)nc(C)nc1N1CC(O)C1. The number of anilines is 3. The summed E-state index contributed by atoms with van der Waals surface area (Å²) < 4.78 is 5.54. The van der Waals surface area contributed by atoms with Crippen LogP contribution in [0.5, 0.6) is 5.75 Å². The first kappa shape index (κ1) is 14.7. The van der Waals surface area contributed by atoms with Crippen molar-refractivity contribution in [3.8, 4) is 5.75 Å². The van der Waals surface area contributed by atoms with Crippen molar-refractivity contribution in [3.63, 3.8) is 0 Å². The van der Waals surface area contributed by atoms with Gasteiger partial charge in [0.15, 0.2) is 17.5 Å². The quantitative estimate of drug-likeness (QED) is 0.669. The maximum absolute atomic E-state index is 9.55. The minimum atomic E-state index is -0.323. The Bertz CT molecular complexity index is 887. The van der Waals surface area contributed by atoms with Gasteiger partial charge in [0.1, 0.15) is 5.82 Å². The van der Waals surface area contributed by atoms with E-state index in [9.17, 15) is 5.11 Å². The number of nitrogens with one attached hydrogen (secondary N) is 2. The number of methoxy groups -OCH3 is 1. The molecule has 0 radical (unpaired) electrons. The molecule has 0 bridgehead atoms. The van der Waals surface area contributed by atoms with Crippen molar-refractivity contribution in [1.82, 2.24) is 20.2 Å². The van der Waals surface area contributed by atoms with Gasteiger partial charge in [0.05, 0.1) is 18.7 Å². The van der Waals surface area contributed by atoms with Crippen LogP contribution in [0.25, 0.3) is 10.9 Å². The van der Waals surface area contributed by atoms with E-state index in [1.165, 1.54) is 0 Å². The van der Waals surface area contributed by atoms with Crippen molar-refractivity contribution in [2.45, 2.75) is 13.0 Å². The molecule has 3 aromatic rings. The fourth-order valence-electron chi connectivity index (χ4n) is 2.83. The minimum Gasteiger partial charge on any atom is -0.490 e. The number of benzene rings is 1. The molecule has 0 unspecified atom stereocenters. The van der Waals surface area contributed by atoms with Crippen LogP contribution in [0.15, 0.2) is 24.3 Å². The van der Waals surface area contributed by atoms with Gasteiger partial charge in [-0.25, -0.2) is 9.97 Å². The summed E-state index contributed by atoms with van der Waals surface area (Å²) in [6, 6.07) is 7.85. The molecule has 2 aromatic heterocycles. The van der Waals surface area contributed by atoms with Crippen molar-refractivity contribution >= 4 is 28.4 Å². The van der Waals surface area contributed by atoms with E-state index in [-0.39, 0.29) is 6.10 Å². The third kappa shape index (κ3) is 2.41. The smallest absolute Gasteiger partial charge is 0.204 e. The number of aliphatic hydroxyl groups is 1. The molecular formula is C16H18N6O2. The van der Waals surface area contributed by atoms with Gasteiger partial charge in [0.2, 0.25) is 5.75 Å². The van der Waals surface area contributed by atoms with Gasteiger partial charge in [-0.2, -0.15) is 5.10 Å². The van der Waals surface area contributed by atoms with E-state index in [0.717, 1.165) is 10.9 Å². The summed E-state index contributed by atoms with van der Waals surface area (Å²) in [5, 5.41) is 21.1. The predicted octanol–water partition coefficient (Wildman–Crippen LogP) is 1.59. The Balaban J connectivity index is 1.74. The third-order valence-electron chi connectivity index (χ3n) is 4.03. The highest BCUT2D eigenvalue weighted by Gasteiger charge is 2.30. The molecule has 0 aliphatic carbocycles. The molecule has 0 amide bonds. The molecule has 1 aromatic carbocycles. The zero-order chi connectivity index (χ0) is 16.7.